The second kappa shape index (κ2) is 5.02. The van der Waals surface area contributed by atoms with Gasteiger partial charge in [-0.2, -0.15) is 0 Å². The Morgan fingerprint density at radius 1 is 1.29 bits per heavy atom. The van der Waals surface area contributed by atoms with Gasteiger partial charge in [0.25, 0.3) is 0 Å². The Hall–Kier alpha value is -1.13. The van der Waals surface area contributed by atoms with E-state index in [9.17, 15) is 4.39 Å². The van der Waals surface area contributed by atoms with E-state index in [0.717, 1.165) is 5.56 Å². The van der Waals surface area contributed by atoms with Gasteiger partial charge in [-0.25, -0.2) is 4.39 Å². The van der Waals surface area contributed by atoms with Crippen molar-refractivity contribution in [1.82, 2.24) is 5.32 Å². The summed E-state index contributed by atoms with van der Waals surface area (Å²) >= 11 is 3.24. The van der Waals surface area contributed by atoms with Gasteiger partial charge in [-0.3, -0.25) is 0 Å². The number of halogens is 2. The fourth-order valence-corrected chi connectivity index (χ4v) is 2.12. The third kappa shape index (κ3) is 2.58. The number of hydrogen-bond acceptors (Lipinski definition) is 2. The van der Waals surface area contributed by atoms with Crippen LogP contribution in [0.15, 0.2) is 39.4 Å². The van der Waals surface area contributed by atoms with Crippen molar-refractivity contribution in [3.63, 3.8) is 0 Å². The molecule has 0 aliphatic carbocycles. The zero-order valence-electron chi connectivity index (χ0n) is 9.63. The van der Waals surface area contributed by atoms with Gasteiger partial charge in [-0.05, 0) is 53.7 Å². The molecule has 0 amide bonds. The van der Waals surface area contributed by atoms with Crippen LogP contribution in [-0.4, -0.2) is 7.05 Å². The fraction of sp³-hybridized carbons (Fsp3) is 0.231. The van der Waals surface area contributed by atoms with Crippen LogP contribution in [0, 0.1) is 12.7 Å². The summed E-state index contributed by atoms with van der Waals surface area (Å²) in [4.78, 5) is 0. The molecule has 0 radical (unpaired) electrons. The van der Waals surface area contributed by atoms with Crippen LogP contribution in [0.25, 0.3) is 0 Å². The van der Waals surface area contributed by atoms with Crippen LogP contribution in [0.4, 0.5) is 4.39 Å². The average molecular weight is 298 g/mol. The van der Waals surface area contributed by atoms with Gasteiger partial charge in [0.05, 0.1) is 6.04 Å². The number of benzene rings is 1. The summed E-state index contributed by atoms with van der Waals surface area (Å²) in [5.74, 6) is 0.457. The molecule has 2 nitrogen and oxygen atoms in total. The highest BCUT2D eigenvalue weighted by atomic mass is 79.9. The summed E-state index contributed by atoms with van der Waals surface area (Å²) in [6.07, 6.45) is 0. The van der Waals surface area contributed by atoms with Crippen LogP contribution in [0.2, 0.25) is 0 Å². The molecule has 0 saturated heterocycles. The summed E-state index contributed by atoms with van der Waals surface area (Å²) in [5.41, 5.74) is 1.49. The summed E-state index contributed by atoms with van der Waals surface area (Å²) < 4.78 is 20.0. The Bertz CT molecular complexity index is 524. The Labute approximate surface area is 108 Å². The molecule has 0 saturated carbocycles. The third-order valence-electron chi connectivity index (χ3n) is 2.63. The molecule has 1 N–H and O–H groups in total. The van der Waals surface area contributed by atoms with Crippen molar-refractivity contribution in [2.45, 2.75) is 13.0 Å². The van der Waals surface area contributed by atoms with Crippen molar-refractivity contribution in [3.05, 3.63) is 57.7 Å². The predicted molar refractivity (Wildman–Crippen MR) is 68.4 cm³/mol. The van der Waals surface area contributed by atoms with E-state index in [-0.39, 0.29) is 11.9 Å². The van der Waals surface area contributed by atoms with E-state index in [1.807, 2.05) is 19.1 Å². The van der Waals surface area contributed by atoms with Crippen molar-refractivity contribution < 1.29 is 8.81 Å². The van der Waals surface area contributed by atoms with Crippen LogP contribution in [0.3, 0.4) is 0 Å². The van der Waals surface area contributed by atoms with Crippen molar-refractivity contribution in [2.75, 3.05) is 7.05 Å². The lowest BCUT2D eigenvalue weighted by Crippen LogP contribution is -2.18. The second-order valence-electron chi connectivity index (χ2n) is 3.89. The first-order valence-electron chi connectivity index (χ1n) is 5.30. The molecule has 1 aromatic carbocycles. The largest absolute Gasteiger partial charge is 0.452 e. The molecule has 4 heteroatoms. The fourth-order valence-electron chi connectivity index (χ4n) is 1.80. The molecule has 1 atom stereocenters. The van der Waals surface area contributed by atoms with E-state index >= 15 is 0 Å². The zero-order valence-corrected chi connectivity index (χ0v) is 11.2. The highest BCUT2D eigenvalue weighted by Gasteiger charge is 2.19. The van der Waals surface area contributed by atoms with E-state index in [0.29, 0.717) is 16.0 Å². The molecular formula is C13H13BrFNO. The SMILES string of the molecule is CNC(c1ccc(Br)o1)c1ccc(C)cc1F. The Morgan fingerprint density at radius 3 is 2.59 bits per heavy atom. The number of furan rings is 1. The number of aryl methyl sites for hydroxylation is 1. The van der Waals surface area contributed by atoms with Crippen molar-refractivity contribution in [2.24, 2.45) is 0 Å². The van der Waals surface area contributed by atoms with Gasteiger partial charge >= 0.3 is 0 Å². The Balaban J connectivity index is 2.42. The maximum Gasteiger partial charge on any atom is 0.169 e. The van der Waals surface area contributed by atoms with Crippen LogP contribution >= 0.6 is 15.9 Å². The Kier molecular flexibility index (Phi) is 3.64. The minimum Gasteiger partial charge on any atom is -0.452 e. The van der Waals surface area contributed by atoms with E-state index in [1.165, 1.54) is 6.07 Å². The average Bonchev–Trinajstić information content (AvgIpc) is 2.69. The molecule has 1 unspecified atom stereocenters. The molecule has 90 valence electrons. The van der Waals surface area contributed by atoms with Gasteiger partial charge in [0.1, 0.15) is 11.6 Å². The van der Waals surface area contributed by atoms with Gasteiger partial charge < -0.3 is 9.73 Å². The molecule has 0 spiro atoms. The lowest BCUT2D eigenvalue weighted by Gasteiger charge is -2.15. The monoisotopic (exact) mass is 297 g/mol. The normalized spacial score (nSPS) is 12.7. The number of nitrogens with one attached hydrogen (secondary N) is 1. The van der Waals surface area contributed by atoms with E-state index < -0.39 is 0 Å². The first-order chi connectivity index (χ1) is 8.11. The number of hydrogen-bond donors (Lipinski definition) is 1. The molecule has 0 bridgehead atoms. The molecule has 2 rings (SSSR count). The predicted octanol–water partition coefficient (Wildman–Crippen LogP) is 3.80. The molecule has 0 aliphatic heterocycles. The van der Waals surface area contributed by atoms with E-state index in [2.05, 4.69) is 21.2 Å². The molecular weight excluding hydrogens is 285 g/mol. The highest BCUT2D eigenvalue weighted by molar-refractivity contribution is 9.10. The van der Waals surface area contributed by atoms with Crippen LogP contribution < -0.4 is 5.32 Å². The number of rotatable bonds is 3. The minimum absolute atomic E-state index is 0.225. The summed E-state index contributed by atoms with van der Waals surface area (Å²) in [5, 5.41) is 3.05. The molecule has 0 fully saturated rings. The first-order valence-corrected chi connectivity index (χ1v) is 6.09. The summed E-state index contributed by atoms with van der Waals surface area (Å²) in [7, 11) is 1.78. The van der Waals surface area contributed by atoms with Gasteiger partial charge in [-0.1, -0.05) is 12.1 Å². The maximum absolute atomic E-state index is 13.9. The quantitative estimate of drug-likeness (QED) is 0.932. The van der Waals surface area contributed by atoms with Gasteiger partial charge in [-0.15, -0.1) is 0 Å². The van der Waals surface area contributed by atoms with Gasteiger partial charge in [0.2, 0.25) is 0 Å². The van der Waals surface area contributed by atoms with E-state index in [4.69, 9.17) is 4.42 Å². The molecule has 1 heterocycles. The van der Waals surface area contributed by atoms with Gasteiger partial charge in [0, 0.05) is 5.56 Å². The van der Waals surface area contributed by atoms with E-state index in [1.54, 1.807) is 19.2 Å². The smallest absolute Gasteiger partial charge is 0.169 e. The standard InChI is InChI=1S/C13H13BrFNO/c1-8-3-4-9(10(15)7-8)13(16-2)11-5-6-12(14)17-11/h3-7,13,16H,1-2H3. The second-order valence-corrected chi connectivity index (χ2v) is 4.67. The topological polar surface area (TPSA) is 25.2 Å². The van der Waals surface area contributed by atoms with Crippen molar-refractivity contribution in [1.29, 1.82) is 0 Å². The lowest BCUT2D eigenvalue weighted by atomic mass is 10.0. The molecule has 2 aromatic rings. The molecule has 0 aliphatic rings. The van der Waals surface area contributed by atoms with Crippen LogP contribution in [0.1, 0.15) is 22.9 Å². The van der Waals surface area contributed by atoms with Crippen LogP contribution in [-0.2, 0) is 0 Å². The van der Waals surface area contributed by atoms with Gasteiger partial charge in [0.15, 0.2) is 4.67 Å². The highest BCUT2D eigenvalue weighted by Crippen LogP contribution is 2.27. The van der Waals surface area contributed by atoms with Crippen molar-refractivity contribution in [3.8, 4) is 0 Å². The first kappa shape index (κ1) is 12.3. The summed E-state index contributed by atoms with van der Waals surface area (Å²) in [6.45, 7) is 1.87. The Morgan fingerprint density at radius 2 is 2.06 bits per heavy atom. The zero-order chi connectivity index (χ0) is 12.4. The van der Waals surface area contributed by atoms with Crippen LogP contribution in [0.5, 0.6) is 0 Å². The lowest BCUT2D eigenvalue weighted by molar-refractivity contribution is 0.438. The van der Waals surface area contributed by atoms with Crippen molar-refractivity contribution >= 4 is 15.9 Å². The summed E-state index contributed by atoms with van der Waals surface area (Å²) in [6, 6.07) is 8.54. The third-order valence-corrected chi connectivity index (χ3v) is 3.06. The maximum atomic E-state index is 13.9. The molecule has 1 aromatic heterocycles. The minimum atomic E-state index is -0.276. The molecule has 17 heavy (non-hydrogen) atoms.